The Hall–Kier alpha value is -1.36. The van der Waals surface area contributed by atoms with Gasteiger partial charge in [-0.3, -0.25) is 9.59 Å². The molecular formula is C14H16BrNO3. The molecule has 19 heavy (non-hydrogen) atoms. The van der Waals surface area contributed by atoms with Gasteiger partial charge in [0, 0.05) is 10.5 Å². The molecule has 0 bridgehead atoms. The molecule has 2 unspecified atom stereocenters. The number of carboxylic acid groups (broad SMARTS) is 1. The molecule has 5 heteroatoms. The monoisotopic (exact) mass is 325 g/mol. The van der Waals surface area contributed by atoms with Gasteiger partial charge in [0.25, 0.3) is 5.91 Å². The summed E-state index contributed by atoms with van der Waals surface area (Å²) in [6, 6.07) is 5.20. The quantitative estimate of drug-likeness (QED) is 0.897. The summed E-state index contributed by atoms with van der Waals surface area (Å²) < 4.78 is 0.761. The van der Waals surface area contributed by atoms with E-state index in [0.29, 0.717) is 12.0 Å². The number of halogens is 1. The highest BCUT2D eigenvalue weighted by molar-refractivity contribution is 9.10. The Morgan fingerprint density at radius 2 is 2.11 bits per heavy atom. The Morgan fingerprint density at radius 1 is 1.37 bits per heavy atom. The van der Waals surface area contributed by atoms with Crippen molar-refractivity contribution in [2.24, 2.45) is 5.92 Å². The lowest BCUT2D eigenvalue weighted by atomic mass is 10.0. The van der Waals surface area contributed by atoms with E-state index in [1.807, 2.05) is 19.1 Å². The van der Waals surface area contributed by atoms with Crippen molar-refractivity contribution >= 4 is 27.8 Å². The van der Waals surface area contributed by atoms with Gasteiger partial charge in [0.15, 0.2) is 0 Å². The number of carbonyl (C=O) groups excluding carboxylic acids is 1. The first-order valence-corrected chi connectivity index (χ1v) is 7.09. The SMILES string of the molecule is Cc1cccc(C(=O)NC2CCCC2C(=O)O)c1Br. The van der Waals surface area contributed by atoms with Gasteiger partial charge in [0.1, 0.15) is 0 Å². The number of aliphatic carboxylic acids is 1. The number of nitrogens with one attached hydrogen (secondary N) is 1. The molecule has 0 aromatic heterocycles. The van der Waals surface area contributed by atoms with E-state index in [1.54, 1.807) is 6.07 Å². The zero-order chi connectivity index (χ0) is 14.0. The van der Waals surface area contributed by atoms with Gasteiger partial charge < -0.3 is 10.4 Å². The third-order valence-corrected chi connectivity index (χ3v) is 4.64. The fraction of sp³-hybridized carbons (Fsp3) is 0.429. The largest absolute Gasteiger partial charge is 0.481 e. The summed E-state index contributed by atoms with van der Waals surface area (Å²) in [5.74, 6) is -1.51. The van der Waals surface area contributed by atoms with Gasteiger partial charge in [-0.15, -0.1) is 0 Å². The molecule has 0 aliphatic heterocycles. The zero-order valence-corrected chi connectivity index (χ0v) is 12.2. The first-order valence-electron chi connectivity index (χ1n) is 6.29. The summed E-state index contributed by atoms with van der Waals surface area (Å²) in [6.07, 6.45) is 2.21. The molecule has 1 aromatic carbocycles. The van der Waals surface area contributed by atoms with Gasteiger partial charge in [-0.25, -0.2) is 0 Å². The van der Waals surface area contributed by atoms with Crippen LogP contribution in [0.2, 0.25) is 0 Å². The van der Waals surface area contributed by atoms with Crippen LogP contribution in [-0.4, -0.2) is 23.0 Å². The number of hydrogen-bond donors (Lipinski definition) is 2. The van der Waals surface area contributed by atoms with E-state index in [1.165, 1.54) is 0 Å². The van der Waals surface area contributed by atoms with Crippen LogP contribution in [0.4, 0.5) is 0 Å². The Bertz CT molecular complexity index is 515. The molecule has 2 atom stereocenters. The van der Waals surface area contributed by atoms with E-state index >= 15 is 0 Å². The molecule has 0 radical (unpaired) electrons. The third kappa shape index (κ3) is 2.97. The molecule has 1 amide bonds. The topological polar surface area (TPSA) is 66.4 Å². The van der Waals surface area contributed by atoms with Crippen molar-refractivity contribution in [2.45, 2.75) is 32.2 Å². The van der Waals surface area contributed by atoms with Gasteiger partial charge in [0.2, 0.25) is 0 Å². The fourth-order valence-corrected chi connectivity index (χ4v) is 2.94. The number of hydrogen-bond acceptors (Lipinski definition) is 2. The van der Waals surface area contributed by atoms with Crippen LogP contribution in [0.5, 0.6) is 0 Å². The molecule has 4 nitrogen and oxygen atoms in total. The second kappa shape index (κ2) is 5.74. The Kier molecular flexibility index (Phi) is 4.24. The fourth-order valence-electron chi connectivity index (χ4n) is 2.50. The summed E-state index contributed by atoms with van der Waals surface area (Å²) in [5.41, 5.74) is 1.53. The standard InChI is InChI=1S/C14H16BrNO3/c1-8-4-2-6-10(12(8)15)13(17)16-11-7-3-5-9(11)14(18)19/h2,4,6,9,11H,3,5,7H2,1H3,(H,16,17)(H,18,19). The highest BCUT2D eigenvalue weighted by atomic mass is 79.9. The lowest BCUT2D eigenvalue weighted by Crippen LogP contribution is -2.40. The van der Waals surface area contributed by atoms with Crippen molar-refractivity contribution in [3.8, 4) is 0 Å². The van der Waals surface area contributed by atoms with Crippen LogP contribution in [0.15, 0.2) is 22.7 Å². The number of carboxylic acids is 1. The molecule has 0 saturated heterocycles. The molecule has 1 aromatic rings. The number of carbonyl (C=O) groups is 2. The summed E-state index contributed by atoms with van der Waals surface area (Å²) >= 11 is 3.40. The van der Waals surface area contributed by atoms with Crippen molar-refractivity contribution in [2.75, 3.05) is 0 Å². The minimum Gasteiger partial charge on any atom is -0.481 e. The summed E-state index contributed by atoms with van der Waals surface area (Å²) in [6.45, 7) is 1.91. The number of amides is 1. The molecule has 102 valence electrons. The van der Waals surface area contributed by atoms with Crippen molar-refractivity contribution in [3.63, 3.8) is 0 Å². The van der Waals surface area contributed by atoms with Gasteiger partial charge >= 0.3 is 5.97 Å². The van der Waals surface area contributed by atoms with Crippen LogP contribution < -0.4 is 5.32 Å². The molecule has 1 aliphatic rings. The van der Waals surface area contributed by atoms with Gasteiger partial charge in [-0.1, -0.05) is 18.6 Å². The number of rotatable bonds is 3. The highest BCUT2D eigenvalue weighted by Gasteiger charge is 2.34. The van der Waals surface area contributed by atoms with Gasteiger partial charge in [-0.05, 0) is 47.3 Å². The van der Waals surface area contributed by atoms with Crippen LogP contribution >= 0.6 is 15.9 Å². The van der Waals surface area contributed by atoms with Crippen LogP contribution in [0, 0.1) is 12.8 Å². The minimum absolute atomic E-state index is 0.214. The zero-order valence-electron chi connectivity index (χ0n) is 10.6. The second-order valence-corrected chi connectivity index (χ2v) is 5.69. The van der Waals surface area contributed by atoms with E-state index in [9.17, 15) is 9.59 Å². The van der Waals surface area contributed by atoms with Crippen LogP contribution in [0.3, 0.4) is 0 Å². The van der Waals surface area contributed by atoms with Crippen molar-refractivity contribution < 1.29 is 14.7 Å². The molecule has 0 heterocycles. The van der Waals surface area contributed by atoms with Gasteiger partial charge in [-0.2, -0.15) is 0 Å². The average Bonchev–Trinajstić information content (AvgIpc) is 2.80. The minimum atomic E-state index is -0.828. The summed E-state index contributed by atoms with van der Waals surface area (Å²) in [7, 11) is 0. The molecule has 1 aliphatic carbocycles. The smallest absolute Gasteiger partial charge is 0.308 e. The predicted octanol–water partition coefficient (Wildman–Crippen LogP) is 2.74. The summed E-state index contributed by atoms with van der Waals surface area (Å²) in [4.78, 5) is 23.3. The number of aryl methyl sites for hydroxylation is 1. The molecule has 1 saturated carbocycles. The summed E-state index contributed by atoms with van der Waals surface area (Å²) in [5, 5.41) is 12.0. The van der Waals surface area contributed by atoms with Crippen molar-refractivity contribution in [1.29, 1.82) is 0 Å². The third-order valence-electron chi connectivity index (χ3n) is 3.59. The molecular weight excluding hydrogens is 310 g/mol. The first-order chi connectivity index (χ1) is 9.00. The Morgan fingerprint density at radius 3 is 2.79 bits per heavy atom. The van der Waals surface area contributed by atoms with E-state index in [-0.39, 0.29) is 11.9 Å². The molecule has 0 spiro atoms. The van der Waals surface area contributed by atoms with E-state index in [2.05, 4.69) is 21.2 Å². The normalized spacial score (nSPS) is 22.2. The predicted molar refractivity (Wildman–Crippen MR) is 75.1 cm³/mol. The second-order valence-electron chi connectivity index (χ2n) is 4.89. The molecule has 2 rings (SSSR count). The maximum absolute atomic E-state index is 12.2. The van der Waals surface area contributed by atoms with Gasteiger partial charge in [0.05, 0.1) is 11.5 Å². The highest BCUT2D eigenvalue weighted by Crippen LogP contribution is 2.27. The first kappa shape index (κ1) is 14.1. The number of benzene rings is 1. The Labute approximate surface area is 120 Å². The maximum atomic E-state index is 12.2. The van der Waals surface area contributed by atoms with Crippen LogP contribution in [0.25, 0.3) is 0 Å². The average molecular weight is 326 g/mol. The van der Waals surface area contributed by atoms with E-state index < -0.39 is 11.9 Å². The Balaban J connectivity index is 2.13. The lowest BCUT2D eigenvalue weighted by molar-refractivity contribution is -0.142. The van der Waals surface area contributed by atoms with Crippen LogP contribution in [-0.2, 0) is 4.79 Å². The van der Waals surface area contributed by atoms with E-state index in [0.717, 1.165) is 22.9 Å². The lowest BCUT2D eigenvalue weighted by Gasteiger charge is -2.18. The van der Waals surface area contributed by atoms with Crippen molar-refractivity contribution in [3.05, 3.63) is 33.8 Å². The maximum Gasteiger partial charge on any atom is 0.308 e. The van der Waals surface area contributed by atoms with Crippen molar-refractivity contribution in [1.82, 2.24) is 5.32 Å². The van der Waals surface area contributed by atoms with E-state index in [4.69, 9.17) is 5.11 Å². The molecule has 1 fully saturated rings. The van der Waals surface area contributed by atoms with Crippen LogP contribution in [0.1, 0.15) is 35.2 Å². The molecule has 2 N–H and O–H groups in total.